The van der Waals surface area contributed by atoms with Crippen molar-refractivity contribution >= 4 is 45.7 Å². The molecule has 4 nitrogen and oxygen atoms in total. The molecule has 0 spiro atoms. The molecule has 1 aliphatic heterocycles. The van der Waals surface area contributed by atoms with E-state index in [-0.39, 0.29) is 5.88 Å². The summed E-state index contributed by atoms with van der Waals surface area (Å²) in [4.78, 5) is 9.32. The summed E-state index contributed by atoms with van der Waals surface area (Å²) in [6, 6.07) is 15.9. The highest BCUT2D eigenvalue weighted by atomic mass is 32.1. The monoisotopic (exact) mass is 333 g/mol. The lowest BCUT2D eigenvalue weighted by atomic mass is 10.1. The first-order chi connectivity index (χ1) is 11.7. The number of anilines is 2. The van der Waals surface area contributed by atoms with E-state index < -0.39 is 0 Å². The Labute approximate surface area is 143 Å². The number of aromatic hydroxyl groups is 1. The van der Waals surface area contributed by atoms with Crippen molar-refractivity contribution in [1.82, 2.24) is 4.98 Å². The second-order valence-corrected chi connectivity index (χ2v) is 6.55. The van der Waals surface area contributed by atoms with Gasteiger partial charge in [-0.1, -0.05) is 47.7 Å². The van der Waals surface area contributed by atoms with E-state index in [4.69, 9.17) is 0 Å². The van der Waals surface area contributed by atoms with Crippen LogP contribution in [0.1, 0.15) is 16.0 Å². The van der Waals surface area contributed by atoms with Crippen molar-refractivity contribution in [2.75, 3.05) is 5.32 Å². The van der Waals surface area contributed by atoms with Gasteiger partial charge in [0.2, 0.25) is 5.88 Å². The van der Waals surface area contributed by atoms with Gasteiger partial charge in [-0.2, -0.15) is 4.98 Å². The summed E-state index contributed by atoms with van der Waals surface area (Å²) >= 11 is 1.41. The predicted molar refractivity (Wildman–Crippen MR) is 101 cm³/mol. The molecule has 0 unspecified atom stereocenters. The minimum atomic E-state index is 0.0290. The molecule has 3 aromatic rings. The van der Waals surface area contributed by atoms with Crippen LogP contribution in [-0.4, -0.2) is 16.3 Å². The zero-order chi connectivity index (χ0) is 16.5. The third kappa shape index (κ3) is 2.70. The van der Waals surface area contributed by atoms with Gasteiger partial charge in [-0.05, 0) is 30.7 Å². The van der Waals surface area contributed by atoms with Crippen LogP contribution in [0.25, 0.3) is 11.6 Å². The second kappa shape index (κ2) is 5.94. The number of aliphatic imine (C=N–C) groups is 1. The topological polar surface area (TPSA) is 57.5 Å². The minimum absolute atomic E-state index is 0.0290. The van der Waals surface area contributed by atoms with Crippen molar-refractivity contribution < 1.29 is 5.11 Å². The van der Waals surface area contributed by atoms with Gasteiger partial charge < -0.3 is 10.4 Å². The maximum Gasteiger partial charge on any atom is 0.231 e. The fraction of sp³-hybridized carbons (Fsp3) is 0.0526. The van der Waals surface area contributed by atoms with Crippen LogP contribution in [0.3, 0.4) is 0 Å². The van der Waals surface area contributed by atoms with Crippen LogP contribution < -0.4 is 5.32 Å². The van der Waals surface area contributed by atoms with E-state index in [1.54, 1.807) is 0 Å². The first-order valence-corrected chi connectivity index (χ1v) is 8.40. The molecule has 0 radical (unpaired) electrons. The number of benzene rings is 2. The first kappa shape index (κ1) is 14.7. The lowest BCUT2D eigenvalue weighted by Gasteiger charge is -2.04. The molecule has 0 fully saturated rings. The summed E-state index contributed by atoms with van der Waals surface area (Å²) in [5.74, 6) is 0.0290. The quantitative estimate of drug-likeness (QED) is 0.696. The van der Waals surface area contributed by atoms with Crippen molar-refractivity contribution in [2.45, 2.75) is 6.92 Å². The molecule has 24 heavy (non-hydrogen) atoms. The van der Waals surface area contributed by atoms with Crippen molar-refractivity contribution in [1.29, 1.82) is 0 Å². The third-order valence-electron chi connectivity index (χ3n) is 3.87. The molecule has 5 heteroatoms. The number of nitrogens with one attached hydrogen (secondary N) is 1. The van der Waals surface area contributed by atoms with E-state index in [1.165, 1.54) is 11.3 Å². The van der Waals surface area contributed by atoms with E-state index in [0.717, 1.165) is 28.1 Å². The van der Waals surface area contributed by atoms with Gasteiger partial charge in [-0.25, -0.2) is 0 Å². The van der Waals surface area contributed by atoms with Gasteiger partial charge in [0.05, 0.1) is 10.6 Å². The first-order valence-electron chi connectivity index (χ1n) is 7.58. The average molecular weight is 333 g/mol. The number of hydrogen-bond donors (Lipinski definition) is 2. The highest BCUT2D eigenvalue weighted by Crippen LogP contribution is 2.37. The van der Waals surface area contributed by atoms with E-state index in [1.807, 2.05) is 67.7 Å². The molecule has 0 saturated carbocycles. The van der Waals surface area contributed by atoms with Crippen molar-refractivity contribution in [3.63, 3.8) is 0 Å². The van der Waals surface area contributed by atoms with Crippen LogP contribution in [0.15, 0.2) is 53.5 Å². The molecule has 0 aliphatic carbocycles. The van der Waals surface area contributed by atoms with Crippen LogP contribution in [0, 0.1) is 6.92 Å². The van der Waals surface area contributed by atoms with Crippen LogP contribution in [0.5, 0.6) is 5.88 Å². The molecule has 2 aromatic carbocycles. The predicted octanol–water partition coefficient (Wildman–Crippen LogP) is 5.16. The highest BCUT2D eigenvalue weighted by molar-refractivity contribution is 7.16. The highest BCUT2D eigenvalue weighted by Gasteiger charge is 2.14. The number of hydrogen-bond acceptors (Lipinski definition) is 5. The number of thiazole rings is 1. The van der Waals surface area contributed by atoms with Gasteiger partial charge in [0, 0.05) is 23.0 Å². The molecule has 2 heterocycles. The smallest absolute Gasteiger partial charge is 0.231 e. The fourth-order valence-electron chi connectivity index (χ4n) is 2.59. The van der Waals surface area contributed by atoms with Crippen LogP contribution in [0.4, 0.5) is 16.5 Å². The zero-order valence-electron chi connectivity index (χ0n) is 13.0. The van der Waals surface area contributed by atoms with E-state index in [9.17, 15) is 5.11 Å². The van der Waals surface area contributed by atoms with Crippen LogP contribution in [-0.2, 0) is 0 Å². The number of para-hydroxylation sites is 2. The Hall–Kier alpha value is -2.92. The summed E-state index contributed by atoms with van der Waals surface area (Å²) in [6.45, 7) is 2.03. The average Bonchev–Trinajstić information content (AvgIpc) is 3.14. The molecule has 1 aliphatic rings. The molecular weight excluding hydrogens is 318 g/mol. The molecule has 0 saturated heterocycles. The van der Waals surface area contributed by atoms with Crippen molar-refractivity contribution in [3.05, 3.63) is 64.5 Å². The number of aryl methyl sites for hydroxylation is 1. The summed E-state index contributed by atoms with van der Waals surface area (Å²) in [6.07, 6.45) is 3.74. The fourth-order valence-corrected chi connectivity index (χ4v) is 3.42. The lowest BCUT2D eigenvalue weighted by Crippen LogP contribution is -1.91. The van der Waals surface area contributed by atoms with Gasteiger partial charge in [-0.3, -0.25) is 4.99 Å². The molecule has 0 amide bonds. The van der Waals surface area contributed by atoms with E-state index in [2.05, 4.69) is 15.3 Å². The molecular formula is C19H15N3OS. The van der Waals surface area contributed by atoms with Gasteiger partial charge >= 0.3 is 0 Å². The van der Waals surface area contributed by atoms with Gasteiger partial charge in [-0.15, -0.1) is 0 Å². The number of aromatic nitrogens is 1. The van der Waals surface area contributed by atoms with Crippen LogP contribution >= 0.6 is 11.3 Å². The van der Waals surface area contributed by atoms with Crippen LogP contribution in [0.2, 0.25) is 0 Å². The Balaban J connectivity index is 1.65. The van der Waals surface area contributed by atoms with Gasteiger partial charge in [0.15, 0.2) is 5.13 Å². The Morgan fingerprint density at radius 3 is 2.75 bits per heavy atom. The Morgan fingerprint density at radius 1 is 1.08 bits per heavy atom. The Kier molecular flexibility index (Phi) is 3.63. The number of fused-ring (bicyclic) bond motifs is 1. The summed E-state index contributed by atoms with van der Waals surface area (Å²) in [7, 11) is 0. The third-order valence-corrected chi connectivity index (χ3v) is 4.77. The molecule has 1 aromatic heterocycles. The standard InChI is InChI=1S/C19H15N3OS/c1-12-6-2-4-8-15(12)21-19-22-18(23)17(24-19)10-13-11-20-16-9-5-3-7-14(13)16/h2-11,23H,1H3,(H,21,22). The van der Waals surface area contributed by atoms with Crippen molar-refractivity contribution in [2.24, 2.45) is 4.99 Å². The second-order valence-electron chi connectivity index (χ2n) is 5.52. The molecule has 4 rings (SSSR count). The van der Waals surface area contributed by atoms with E-state index in [0.29, 0.717) is 10.0 Å². The number of allylic oxidation sites excluding steroid dienone is 1. The molecule has 0 atom stereocenters. The maximum atomic E-state index is 10.2. The summed E-state index contributed by atoms with van der Waals surface area (Å²) in [5, 5.41) is 14.1. The van der Waals surface area contributed by atoms with Gasteiger partial charge in [0.25, 0.3) is 0 Å². The zero-order valence-corrected chi connectivity index (χ0v) is 13.8. The maximum absolute atomic E-state index is 10.2. The van der Waals surface area contributed by atoms with Crippen molar-refractivity contribution in [3.8, 4) is 5.88 Å². The largest absolute Gasteiger partial charge is 0.492 e. The SMILES string of the molecule is Cc1ccccc1Nc1nc(O)c(C=C2C=Nc3ccccc32)s1. The Bertz CT molecular complexity index is 972. The number of rotatable bonds is 3. The summed E-state index contributed by atoms with van der Waals surface area (Å²) < 4.78 is 0. The molecule has 2 N–H and O–H groups in total. The molecule has 118 valence electrons. The minimum Gasteiger partial charge on any atom is -0.492 e. The Morgan fingerprint density at radius 2 is 1.88 bits per heavy atom. The lowest BCUT2D eigenvalue weighted by molar-refractivity contribution is 0.457. The molecule has 0 bridgehead atoms. The summed E-state index contributed by atoms with van der Waals surface area (Å²) in [5.41, 5.74) is 5.11. The number of nitrogens with zero attached hydrogens (tertiary/aromatic N) is 2. The van der Waals surface area contributed by atoms with E-state index >= 15 is 0 Å². The normalized spacial score (nSPS) is 14.1. The van der Waals surface area contributed by atoms with Gasteiger partial charge in [0.1, 0.15) is 0 Å².